The fraction of sp³-hybridized carbons (Fsp3) is 0.929. The maximum absolute atomic E-state index is 12.0. The Morgan fingerprint density at radius 2 is 1.89 bits per heavy atom. The van der Waals surface area contributed by atoms with Crippen molar-refractivity contribution >= 4 is 18.3 Å². The zero-order chi connectivity index (χ0) is 12.3. The van der Waals surface area contributed by atoms with Crippen molar-refractivity contribution in [1.82, 2.24) is 10.6 Å². The quantitative estimate of drug-likeness (QED) is 0.830. The second kappa shape index (κ2) is 7.34. The molecule has 3 unspecified atom stereocenters. The van der Waals surface area contributed by atoms with Gasteiger partial charge in [0.1, 0.15) is 0 Å². The fourth-order valence-corrected chi connectivity index (χ4v) is 3.33. The van der Waals surface area contributed by atoms with Gasteiger partial charge in [-0.25, -0.2) is 0 Å². The van der Waals surface area contributed by atoms with Crippen molar-refractivity contribution < 1.29 is 4.79 Å². The van der Waals surface area contributed by atoms with Crippen LogP contribution in [0.2, 0.25) is 0 Å². The van der Waals surface area contributed by atoms with E-state index in [1.807, 2.05) is 0 Å². The summed E-state index contributed by atoms with van der Waals surface area (Å²) < 4.78 is 0. The van der Waals surface area contributed by atoms with Crippen molar-refractivity contribution in [1.29, 1.82) is 0 Å². The lowest BCUT2D eigenvalue weighted by Crippen LogP contribution is -2.56. The molecule has 0 aromatic heterocycles. The van der Waals surface area contributed by atoms with E-state index in [9.17, 15) is 4.79 Å². The Kier molecular flexibility index (Phi) is 6.44. The van der Waals surface area contributed by atoms with Gasteiger partial charge in [-0.1, -0.05) is 19.8 Å². The van der Waals surface area contributed by atoms with E-state index in [4.69, 9.17) is 0 Å². The van der Waals surface area contributed by atoms with Gasteiger partial charge in [0.05, 0.1) is 0 Å². The van der Waals surface area contributed by atoms with Gasteiger partial charge in [0.2, 0.25) is 5.91 Å². The molecule has 1 aliphatic carbocycles. The minimum atomic E-state index is 0. The van der Waals surface area contributed by atoms with E-state index >= 15 is 0 Å². The summed E-state index contributed by atoms with van der Waals surface area (Å²) >= 11 is 0. The molecule has 1 aliphatic heterocycles. The molecule has 3 atom stereocenters. The Hall–Kier alpha value is -0.280. The number of halogens is 1. The average molecular weight is 275 g/mol. The molecule has 0 aromatic carbocycles. The summed E-state index contributed by atoms with van der Waals surface area (Å²) in [6.07, 6.45) is 7.04. The second-order valence-electron chi connectivity index (χ2n) is 5.96. The Balaban J connectivity index is 0.00000162. The molecule has 2 fully saturated rings. The lowest BCUT2D eigenvalue weighted by atomic mass is 9.89. The first-order chi connectivity index (χ1) is 8.16. The molecule has 2 N–H and O–H groups in total. The summed E-state index contributed by atoms with van der Waals surface area (Å²) in [5.74, 6) is 1.51. The van der Waals surface area contributed by atoms with Crippen LogP contribution in [-0.2, 0) is 4.79 Å². The number of carbonyl (C=O) groups excluding carboxylic acids is 1. The van der Waals surface area contributed by atoms with Gasteiger partial charge < -0.3 is 10.6 Å². The van der Waals surface area contributed by atoms with Gasteiger partial charge in [0.15, 0.2) is 0 Å². The van der Waals surface area contributed by atoms with Crippen LogP contribution in [-0.4, -0.2) is 24.5 Å². The van der Waals surface area contributed by atoms with Gasteiger partial charge in [-0.2, -0.15) is 0 Å². The molecule has 0 spiro atoms. The first kappa shape index (κ1) is 15.8. The molecule has 0 radical (unpaired) electrons. The zero-order valence-electron chi connectivity index (χ0n) is 11.6. The van der Waals surface area contributed by atoms with Crippen LogP contribution in [0.4, 0.5) is 0 Å². The van der Waals surface area contributed by atoms with E-state index in [1.165, 1.54) is 32.1 Å². The normalized spacial score (nSPS) is 32.9. The number of hydrogen-bond acceptors (Lipinski definition) is 2. The number of nitrogens with one attached hydrogen (secondary N) is 2. The van der Waals surface area contributed by atoms with E-state index in [0.717, 1.165) is 13.0 Å². The molecule has 2 aliphatic rings. The predicted octanol–water partition coefficient (Wildman–Crippen LogP) is 2.49. The molecule has 1 heterocycles. The van der Waals surface area contributed by atoms with Crippen LogP contribution in [0.15, 0.2) is 0 Å². The molecule has 106 valence electrons. The summed E-state index contributed by atoms with van der Waals surface area (Å²) in [4.78, 5) is 12.0. The standard InChI is InChI=1S/C14H26N2O.ClH/c1-10-7-8-15-11(2)14(10)16-13(17)9-12-5-3-4-6-12;/h10-12,14-15H,3-9H2,1-2H3,(H,16,17);1H. The average Bonchev–Trinajstić information content (AvgIpc) is 2.76. The minimum Gasteiger partial charge on any atom is -0.352 e. The number of amides is 1. The summed E-state index contributed by atoms with van der Waals surface area (Å²) in [6.45, 7) is 5.51. The third-order valence-electron chi connectivity index (χ3n) is 4.49. The van der Waals surface area contributed by atoms with E-state index in [2.05, 4.69) is 24.5 Å². The van der Waals surface area contributed by atoms with Gasteiger partial charge in [0.25, 0.3) is 0 Å². The van der Waals surface area contributed by atoms with Gasteiger partial charge in [-0.3, -0.25) is 4.79 Å². The maximum atomic E-state index is 12.0. The number of hydrogen-bond donors (Lipinski definition) is 2. The first-order valence-electron chi connectivity index (χ1n) is 7.19. The van der Waals surface area contributed by atoms with Gasteiger partial charge >= 0.3 is 0 Å². The molecule has 0 aromatic rings. The molecule has 1 amide bonds. The highest BCUT2D eigenvalue weighted by atomic mass is 35.5. The van der Waals surface area contributed by atoms with E-state index in [0.29, 0.717) is 23.9 Å². The van der Waals surface area contributed by atoms with Crippen molar-refractivity contribution in [2.24, 2.45) is 11.8 Å². The zero-order valence-corrected chi connectivity index (χ0v) is 12.4. The fourth-order valence-electron chi connectivity index (χ4n) is 3.33. The predicted molar refractivity (Wildman–Crippen MR) is 77.0 cm³/mol. The minimum absolute atomic E-state index is 0. The van der Waals surface area contributed by atoms with Crippen LogP contribution in [0.25, 0.3) is 0 Å². The molecule has 2 rings (SSSR count). The lowest BCUT2D eigenvalue weighted by molar-refractivity contribution is -0.123. The van der Waals surface area contributed by atoms with Crippen molar-refractivity contribution in [2.75, 3.05) is 6.54 Å². The topological polar surface area (TPSA) is 41.1 Å². The third-order valence-corrected chi connectivity index (χ3v) is 4.49. The van der Waals surface area contributed by atoms with Crippen LogP contribution >= 0.6 is 12.4 Å². The third kappa shape index (κ3) is 4.13. The van der Waals surface area contributed by atoms with Crippen molar-refractivity contribution in [3.8, 4) is 0 Å². The van der Waals surface area contributed by atoms with Crippen molar-refractivity contribution in [3.63, 3.8) is 0 Å². The Labute approximate surface area is 117 Å². The Morgan fingerprint density at radius 3 is 2.50 bits per heavy atom. The summed E-state index contributed by atoms with van der Waals surface area (Å²) in [7, 11) is 0. The maximum Gasteiger partial charge on any atom is 0.220 e. The van der Waals surface area contributed by atoms with Crippen LogP contribution in [0.1, 0.15) is 52.4 Å². The number of piperidine rings is 1. The Bertz CT molecular complexity index is 257. The highest BCUT2D eigenvalue weighted by Gasteiger charge is 2.29. The highest BCUT2D eigenvalue weighted by molar-refractivity contribution is 5.85. The highest BCUT2D eigenvalue weighted by Crippen LogP contribution is 2.27. The van der Waals surface area contributed by atoms with Crippen LogP contribution in [0, 0.1) is 11.8 Å². The summed E-state index contributed by atoms with van der Waals surface area (Å²) in [5, 5.41) is 6.69. The molecule has 0 bridgehead atoms. The lowest BCUT2D eigenvalue weighted by Gasteiger charge is -2.36. The molecule has 1 saturated carbocycles. The summed E-state index contributed by atoms with van der Waals surface area (Å²) in [5.41, 5.74) is 0. The monoisotopic (exact) mass is 274 g/mol. The number of carbonyl (C=O) groups is 1. The largest absolute Gasteiger partial charge is 0.352 e. The van der Waals surface area contributed by atoms with Gasteiger partial charge in [-0.05, 0) is 44.6 Å². The molecular formula is C14H27ClN2O. The van der Waals surface area contributed by atoms with E-state index < -0.39 is 0 Å². The van der Waals surface area contributed by atoms with Crippen LogP contribution < -0.4 is 10.6 Å². The van der Waals surface area contributed by atoms with E-state index in [-0.39, 0.29) is 18.3 Å². The smallest absolute Gasteiger partial charge is 0.220 e. The van der Waals surface area contributed by atoms with Crippen molar-refractivity contribution in [2.45, 2.75) is 64.5 Å². The second-order valence-corrected chi connectivity index (χ2v) is 5.96. The van der Waals surface area contributed by atoms with Crippen LogP contribution in [0.3, 0.4) is 0 Å². The molecule has 18 heavy (non-hydrogen) atoms. The van der Waals surface area contributed by atoms with Crippen molar-refractivity contribution in [3.05, 3.63) is 0 Å². The SMILES string of the molecule is CC1CCNC(C)C1NC(=O)CC1CCCC1.Cl. The van der Waals surface area contributed by atoms with Crippen LogP contribution in [0.5, 0.6) is 0 Å². The molecule has 3 nitrogen and oxygen atoms in total. The molecule has 4 heteroatoms. The first-order valence-corrected chi connectivity index (χ1v) is 7.19. The Morgan fingerprint density at radius 1 is 1.22 bits per heavy atom. The van der Waals surface area contributed by atoms with Gasteiger partial charge in [0, 0.05) is 18.5 Å². The molecule has 1 saturated heterocycles. The number of rotatable bonds is 3. The molecular weight excluding hydrogens is 248 g/mol. The summed E-state index contributed by atoms with van der Waals surface area (Å²) in [6, 6.07) is 0.726. The van der Waals surface area contributed by atoms with E-state index in [1.54, 1.807) is 0 Å². The van der Waals surface area contributed by atoms with Gasteiger partial charge in [-0.15, -0.1) is 12.4 Å².